The molecule has 4 unspecified atom stereocenters. The molecule has 134 valence electrons. The molecule has 1 heterocycles. The average molecular weight is 338 g/mol. The largest absolute Gasteiger partial charge is 0.363 e. The normalized spacial score (nSPS) is 37.1. The molecule has 1 aliphatic heterocycles. The van der Waals surface area contributed by atoms with Gasteiger partial charge < -0.3 is 4.90 Å². The van der Waals surface area contributed by atoms with Crippen molar-refractivity contribution in [3.8, 4) is 0 Å². The zero-order valence-electron chi connectivity index (χ0n) is 16.4. The Morgan fingerprint density at radius 3 is 2.30 bits per heavy atom. The van der Waals surface area contributed by atoms with E-state index >= 15 is 0 Å². The van der Waals surface area contributed by atoms with Crippen LogP contribution >= 0.6 is 12.2 Å². The summed E-state index contributed by atoms with van der Waals surface area (Å²) in [5.41, 5.74) is 0.481. The van der Waals surface area contributed by atoms with Gasteiger partial charge in [0.25, 0.3) is 0 Å². The second-order valence-corrected chi connectivity index (χ2v) is 9.81. The van der Waals surface area contributed by atoms with Crippen molar-refractivity contribution < 1.29 is 0 Å². The quantitative estimate of drug-likeness (QED) is 0.543. The monoisotopic (exact) mass is 337 g/mol. The average Bonchev–Trinajstić information content (AvgIpc) is 2.44. The van der Waals surface area contributed by atoms with Crippen LogP contribution in [0.1, 0.15) is 86.5 Å². The van der Waals surface area contributed by atoms with Gasteiger partial charge in [0.1, 0.15) is 0 Å². The molecule has 1 saturated carbocycles. The van der Waals surface area contributed by atoms with Gasteiger partial charge in [0.05, 0.1) is 4.99 Å². The molecule has 0 amide bonds. The molecule has 0 aromatic rings. The van der Waals surface area contributed by atoms with Crippen LogP contribution in [-0.4, -0.2) is 22.5 Å². The van der Waals surface area contributed by atoms with Gasteiger partial charge in [-0.2, -0.15) is 0 Å². The summed E-state index contributed by atoms with van der Waals surface area (Å²) in [5.74, 6) is 3.12. The van der Waals surface area contributed by atoms with Crippen LogP contribution in [0.25, 0.3) is 0 Å². The van der Waals surface area contributed by atoms with Crippen molar-refractivity contribution in [2.45, 2.75) is 92.5 Å². The zero-order chi connectivity index (χ0) is 17.2. The molecule has 0 aromatic heterocycles. The Labute approximate surface area is 150 Å². The van der Waals surface area contributed by atoms with E-state index in [1.54, 1.807) is 0 Å². The van der Waals surface area contributed by atoms with E-state index in [9.17, 15) is 0 Å². The molecule has 2 heteroatoms. The molecule has 0 radical (unpaired) electrons. The van der Waals surface area contributed by atoms with E-state index in [0.717, 1.165) is 17.8 Å². The SMILES string of the molecule is CC1CCCCC2C(=S)N(C(C)C)CCC2CC(C)(C(C)C)C1. The van der Waals surface area contributed by atoms with Crippen LogP contribution in [0.4, 0.5) is 0 Å². The molecule has 4 atom stereocenters. The van der Waals surface area contributed by atoms with E-state index < -0.39 is 0 Å². The molecule has 0 spiro atoms. The molecule has 2 rings (SSSR count). The van der Waals surface area contributed by atoms with Crippen molar-refractivity contribution in [3.63, 3.8) is 0 Å². The fourth-order valence-electron chi connectivity index (χ4n) is 5.06. The molecule has 1 aliphatic carbocycles. The van der Waals surface area contributed by atoms with Gasteiger partial charge in [0.15, 0.2) is 0 Å². The molecule has 0 bridgehead atoms. The first-order valence-electron chi connectivity index (χ1n) is 10.0. The molecule has 0 aromatic carbocycles. The summed E-state index contributed by atoms with van der Waals surface area (Å²) in [6.45, 7) is 15.7. The van der Waals surface area contributed by atoms with E-state index in [4.69, 9.17) is 12.2 Å². The van der Waals surface area contributed by atoms with Gasteiger partial charge in [0.2, 0.25) is 0 Å². The van der Waals surface area contributed by atoms with Crippen molar-refractivity contribution in [2.24, 2.45) is 29.1 Å². The molecular weight excluding hydrogens is 298 g/mol. The van der Waals surface area contributed by atoms with Gasteiger partial charge in [-0.15, -0.1) is 0 Å². The highest BCUT2D eigenvalue weighted by Crippen LogP contribution is 2.46. The fraction of sp³-hybridized carbons (Fsp3) is 0.952. The van der Waals surface area contributed by atoms with Crippen LogP contribution in [-0.2, 0) is 0 Å². The number of rotatable bonds is 2. The van der Waals surface area contributed by atoms with Crippen LogP contribution in [0, 0.1) is 29.1 Å². The first-order valence-corrected chi connectivity index (χ1v) is 10.5. The Morgan fingerprint density at radius 1 is 1.04 bits per heavy atom. The Bertz CT molecular complexity index is 403. The van der Waals surface area contributed by atoms with Gasteiger partial charge in [0, 0.05) is 18.5 Å². The maximum Gasteiger partial charge on any atom is 0.0815 e. The second-order valence-electron chi connectivity index (χ2n) is 9.39. The smallest absolute Gasteiger partial charge is 0.0815 e. The maximum absolute atomic E-state index is 5.97. The van der Waals surface area contributed by atoms with Crippen LogP contribution in [0.15, 0.2) is 0 Å². The minimum atomic E-state index is 0.481. The number of thiocarbonyl (C=S) groups is 1. The van der Waals surface area contributed by atoms with E-state index in [1.807, 2.05) is 0 Å². The second kappa shape index (κ2) is 7.85. The molecular formula is C21H39NS. The maximum atomic E-state index is 5.97. The lowest BCUT2D eigenvalue weighted by Gasteiger charge is -2.47. The molecule has 2 fully saturated rings. The van der Waals surface area contributed by atoms with Gasteiger partial charge in [-0.1, -0.05) is 59.2 Å². The summed E-state index contributed by atoms with van der Waals surface area (Å²) in [6.07, 6.45) is 9.62. The Hall–Kier alpha value is -0.110. The lowest BCUT2D eigenvalue weighted by Crippen LogP contribution is -2.49. The number of fused-ring (bicyclic) bond motifs is 1. The molecule has 0 N–H and O–H groups in total. The van der Waals surface area contributed by atoms with Gasteiger partial charge in [-0.05, 0) is 62.7 Å². The minimum Gasteiger partial charge on any atom is -0.363 e. The van der Waals surface area contributed by atoms with E-state index in [1.165, 1.54) is 56.5 Å². The number of likely N-dealkylation sites (tertiary alicyclic amines) is 1. The summed E-state index contributed by atoms with van der Waals surface area (Å²) in [6, 6.07) is 0.565. The number of hydrogen-bond acceptors (Lipinski definition) is 1. The first-order chi connectivity index (χ1) is 10.7. The zero-order valence-corrected chi connectivity index (χ0v) is 17.2. The summed E-state index contributed by atoms with van der Waals surface area (Å²) in [4.78, 5) is 3.80. The van der Waals surface area contributed by atoms with Crippen LogP contribution in [0.2, 0.25) is 0 Å². The summed E-state index contributed by atoms with van der Waals surface area (Å²) in [5, 5.41) is 0. The molecule has 1 nitrogen and oxygen atoms in total. The summed E-state index contributed by atoms with van der Waals surface area (Å²) in [7, 11) is 0. The predicted octanol–water partition coefficient (Wildman–Crippen LogP) is 6.31. The van der Waals surface area contributed by atoms with Gasteiger partial charge >= 0.3 is 0 Å². The van der Waals surface area contributed by atoms with Crippen LogP contribution < -0.4 is 0 Å². The highest BCUT2D eigenvalue weighted by molar-refractivity contribution is 7.80. The highest BCUT2D eigenvalue weighted by Gasteiger charge is 2.40. The van der Waals surface area contributed by atoms with Crippen LogP contribution in [0.3, 0.4) is 0 Å². The molecule has 2 aliphatic rings. The Kier molecular flexibility index (Phi) is 6.56. The third-order valence-corrected chi connectivity index (χ3v) is 7.47. The van der Waals surface area contributed by atoms with Crippen molar-refractivity contribution in [1.29, 1.82) is 0 Å². The lowest BCUT2D eigenvalue weighted by atomic mass is 9.63. The predicted molar refractivity (Wildman–Crippen MR) is 106 cm³/mol. The van der Waals surface area contributed by atoms with Crippen molar-refractivity contribution in [1.82, 2.24) is 4.90 Å². The van der Waals surface area contributed by atoms with Crippen molar-refractivity contribution >= 4 is 17.2 Å². The van der Waals surface area contributed by atoms with E-state index in [0.29, 0.717) is 17.4 Å². The lowest BCUT2D eigenvalue weighted by molar-refractivity contribution is 0.0839. The number of hydrogen-bond donors (Lipinski definition) is 0. The number of piperidine rings is 1. The first kappa shape index (κ1) is 19.2. The highest BCUT2D eigenvalue weighted by atomic mass is 32.1. The Morgan fingerprint density at radius 2 is 1.70 bits per heavy atom. The van der Waals surface area contributed by atoms with Gasteiger partial charge in [-0.3, -0.25) is 0 Å². The third-order valence-electron chi connectivity index (χ3n) is 6.93. The topological polar surface area (TPSA) is 3.24 Å². The van der Waals surface area contributed by atoms with Gasteiger partial charge in [-0.25, -0.2) is 0 Å². The number of nitrogens with zero attached hydrogens (tertiary/aromatic N) is 1. The molecule has 23 heavy (non-hydrogen) atoms. The van der Waals surface area contributed by atoms with Crippen molar-refractivity contribution in [3.05, 3.63) is 0 Å². The third kappa shape index (κ3) is 4.50. The van der Waals surface area contributed by atoms with Crippen LogP contribution in [0.5, 0.6) is 0 Å². The van der Waals surface area contributed by atoms with E-state index in [2.05, 4.69) is 46.4 Å². The molecule has 1 saturated heterocycles. The summed E-state index contributed by atoms with van der Waals surface area (Å²) < 4.78 is 0. The minimum absolute atomic E-state index is 0.481. The Balaban J connectivity index is 2.22. The van der Waals surface area contributed by atoms with E-state index in [-0.39, 0.29) is 0 Å². The fourth-order valence-corrected chi connectivity index (χ4v) is 5.67. The van der Waals surface area contributed by atoms with Crippen molar-refractivity contribution in [2.75, 3.05) is 6.54 Å². The summed E-state index contributed by atoms with van der Waals surface area (Å²) >= 11 is 5.97. The standard InChI is InChI=1S/C21H39NS/c1-15(2)21(6)13-17(5)9-7-8-10-19-18(14-21)11-12-22(16(3)4)20(19)23/h15-19H,7-14H2,1-6H3.